The molecule has 3 aromatic rings. The van der Waals surface area contributed by atoms with Crippen molar-refractivity contribution in [2.24, 2.45) is 0 Å². The van der Waals surface area contributed by atoms with Gasteiger partial charge in [0.25, 0.3) is 0 Å². The maximum atomic E-state index is 13.5. The predicted molar refractivity (Wildman–Crippen MR) is 140 cm³/mol. The Morgan fingerprint density at radius 3 is 2.06 bits per heavy atom. The van der Waals surface area contributed by atoms with E-state index in [0.29, 0.717) is 13.0 Å². The van der Waals surface area contributed by atoms with Crippen molar-refractivity contribution in [1.29, 1.82) is 0 Å². The number of nitrogens with zero attached hydrogens (tertiary/aromatic N) is 1. The summed E-state index contributed by atoms with van der Waals surface area (Å²) in [5, 5.41) is 0. The molecule has 172 valence electrons. The molecule has 0 spiro atoms. The fraction of sp³-hybridized carbons (Fsp3) is 0.323. The Morgan fingerprint density at radius 2 is 1.42 bits per heavy atom. The summed E-state index contributed by atoms with van der Waals surface area (Å²) in [6, 6.07) is 31.2. The van der Waals surface area contributed by atoms with Gasteiger partial charge in [0.2, 0.25) is 5.91 Å². The van der Waals surface area contributed by atoms with Crippen LogP contribution in [-0.4, -0.2) is 17.4 Å². The summed E-state index contributed by atoms with van der Waals surface area (Å²) in [6.45, 7) is 5.06. The van der Waals surface area contributed by atoms with E-state index >= 15 is 0 Å². The molecular formula is C31H37NO. The van der Waals surface area contributed by atoms with Gasteiger partial charge in [0, 0.05) is 13.0 Å². The Labute approximate surface area is 200 Å². The third-order valence-corrected chi connectivity index (χ3v) is 6.19. The van der Waals surface area contributed by atoms with Gasteiger partial charge >= 0.3 is 0 Å². The number of amides is 1. The van der Waals surface area contributed by atoms with Crippen LogP contribution in [-0.2, 0) is 11.2 Å². The Morgan fingerprint density at radius 1 is 0.818 bits per heavy atom. The molecule has 0 heterocycles. The summed E-state index contributed by atoms with van der Waals surface area (Å²) < 4.78 is 0. The zero-order chi connectivity index (χ0) is 23.3. The highest BCUT2D eigenvalue weighted by molar-refractivity contribution is 5.77. The maximum absolute atomic E-state index is 13.5. The van der Waals surface area contributed by atoms with Gasteiger partial charge in [-0.3, -0.25) is 4.79 Å². The number of carbonyl (C=O) groups excluding carboxylic acids is 1. The standard InChI is InChI=1S/C31H37NO/c1-3-4-8-19-29(24-28-17-11-6-12-18-28)25-32(26(2)30-20-13-7-14-21-30)31(33)23-22-27-15-9-5-10-16-27/h5-7,9-18,20-21,24,26H,3-4,8,19,22-23,25H2,1-2H3/b29-24+. The zero-order valence-electron chi connectivity index (χ0n) is 20.1. The molecule has 1 unspecified atom stereocenters. The van der Waals surface area contributed by atoms with Crippen molar-refractivity contribution in [1.82, 2.24) is 4.90 Å². The van der Waals surface area contributed by atoms with Crippen LogP contribution >= 0.6 is 0 Å². The van der Waals surface area contributed by atoms with Crippen molar-refractivity contribution in [2.45, 2.75) is 58.4 Å². The highest BCUT2D eigenvalue weighted by Crippen LogP contribution is 2.25. The van der Waals surface area contributed by atoms with Crippen LogP contribution in [0.15, 0.2) is 96.6 Å². The van der Waals surface area contributed by atoms with E-state index in [1.54, 1.807) is 0 Å². The lowest BCUT2D eigenvalue weighted by atomic mass is 10.0. The quantitative estimate of drug-likeness (QED) is 0.263. The second kappa shape index (κ2) is 13.4. The molecule has 33 heavy (non-hydrogen) atoms. The first kappa shape index (κ1) is 24.5. The van der Waals surface area contributed by atoms with Crippen molar-refractivity contribution in [3.05, 3.63) is 113 Å². The monoisotopic (exact) mass is 439 g/mol. The molecule has 0 N–H and O–H groups in total. The smallest absolute Gasteiger partial charge is 0.223 e. The largest absolute Gasteiger partial charge is 0.332 e. The first-order valence-electron chi connectivity index (χ1n) is 12.3. The zero-order valence-corrected chi connectivity index (χ0v) is 20.1. The number of aryl methyl sites for hydroxylation is 1. The average Bonchev–Trinajstić information content (AvgIpc) is 2.87. The van der Waals surface area contributed by atoms with Gasteiger partial charge in [-0.25, -0.2) is 0 Å². The van der Waals surface area contributed by atoms with E-state index in [2.05, 4.69) is 85.5 Å². The molecule has 0 saturated heterocycles. The van der Waals surface area contributed by atoms with Crippen LogP contribution in [0.25, 0.3) is 6.08 Å². The molecule has 0 bridgehead atoms. The first-order valence-corrected chi connectivity index (χ1v) is 12.3. The Hall–Kier alpha value is -3.13. The topological polar surface area (TPSA) is 20.3 Å². The third kappa shape index (κ3) is 8.05. The lowest BCUT2D eigenvalue weighted by Gasteiger charge is -2.31. The molecule has 0 aliphatic rings. The van der Waals surface area contributed by atoms with Crippen LogP contribution in [0.5, 0.6) is 0 Å². The lowest BCUT2D eigenvalue weighted by Crippen LogP contribution is -2.35. The molecule has 1 atom stereocenters. The number of carbonyl (C=O) groups is 1. The Bertz CT molecular complexity index is 979. The van der Waals surface area contributed by atoms with Gasteiger partial charge in [0.05, 0.1) is 6.04 Å². The molecular weight excluding hydrogens is 402 g/mol. The van der Waals surface area contributed by atoms with E-state index in [9.17, 15) is 4.79 Å². The SMILES string of the molecule is CCCCC/C(=C\c1ccccc1)CN(C(=O)CCc1ccccc1)C(C)c1ccccc1. The molecule has 3 rings (SSSR count). The highest BCUT2D eigenvalue weighted by atomic mass is 16.2. The van der Waals surface area contributed by atoms with E-state index in [-0.39, 0.29) is 11.9 Å². The molecule has 0 saturated carbocycles. The van der Waals surface area contributed by atoms with E-state index in [0.717, 1.165) is 19.3 Å². The molecule has 0 fully saturated rings. The van der Waals surface area contributed by atoms with Gasteiger partial charge in [-0.1, -0.05) is 122 Å². The van der Waals surface area contributed by atoms with Gasteiger partial charge < -0.3 is 4.90 Å². The van der Waals surface area contributed by atoms with Crippen LogP contribution < -0.4 is 0 Å². The molecule has 0 radical (unpaired) electrons. The number of rotatable bonds is 12. The fourth-order valence-electron chi connectivity index (χ4n) is 4.19. The fourth-order valence-corrected chi connectivity index (χ4v) is 4.19. The molecule has 3 aromatic carbocycles. The maximum Gasteiger partial charge on any atom is 0.223 e. The third-order valence-electron chi connectivity index (χ3n) is 6.19. The highest BCUT2D eigenvalue weighted by Gasteiger charge is 2.22. The molecule has 0 aliphatic carbocycles. The molecule has 2 nitrogen and oxygen atoms in total. The number of hydrogen-bond acceptors (Lipinski definition) is 1. The molecule has 2 heteroatoms. The summed E-state index contributed by atoms with van der Waals surface area (Å²) in [7, 11) is 0. The normalized spacial score (nSPS) is 12.4. The van der Waals surface area contributed by atoms with Gasteiger partial charge in [-0.05, 0) is 42.9 Å². The van der Waals surface area contributed by atoms with Crippen LogP contribution in [0.2, 0.25) is 0 Å². The lowest BCUT2D eigenvalue weighted by molar-refractivity contribution is -0.132. The summed E-state index contributed by atoms with van der Waals surface area (Å²) >= 11 is 0. The average molecular weight is 440 g/mol. The Kier molecular flexibility index (Phi) is 9.97. The van der Waals surface area contributed by atoms with E-state index in [4.69, 9.17) is 0 Å². The van der Waals surface area contributed by atoms with Crippen LogP contribution in [0.3, 0.4) is 0 Å². The number of unbranched alkanes of at least 4 members (excludes halogenated alkanes) is 2. The van der Waals surface area contributed by atoms with Crippen LogP contribution in [0, 0.1) is 0 Å². The van der Waals surface area contributed by atoms with Crippen LogP contribution in [0.4, 0.5) is 0 Å². The van der Waals surface area contributed by atoms with Gasteiger partial charge in [0.15, 0.2) is 0 Å². The first-order chi connectivity index (χ1) is 16.2. The molecule has 0 aromatic heterocycles. The van der Waals surface area contributed by atoms with Gasteiger partial charge in [-0.2, -0.15) is 0 Å². The summed E-state index contributed by atoms with van der Waals surface area (Å²) in [5.41, 5.74) is 4.91. The molecule has 0 aliphatic heterocycles. The van der Waals surface area contributed by atoms with E-state index < -0.39 is 0 Å². The minimum atomic E-state index is 0.0276. The summed E-state index contributed by atoms with van der Waals surface area (Å²) in [5.74, 6) is 0.213. The Balaban J connectivity index is 1.83. The minimum Gasteiger partial charge on any atom is -0.332 e. The number of benzene rings is 3. The summed E-state index contributed by atoms with van der Waals surface area (Å²) in [6.07, 6.45) is 8.15. The van der Waals surface area contributed by atoms with E-state index in [1.807, 2.05) is 30.3 Å². The second-order valence-electron chi connectivity index (χ2n) is 8.76. The predicted octanol–water partition coefficient (Wildman–Crippen LogP) is 7.87. The van der Waals surface area contributed by atoms with Gasteiger partial charge in [0.1, 0.15) is 0 Å². The second-order valence-corrected chi connectivity index (χ2v) is 8.76. The van der Waals surface area contributed by atoms with Crippen LogP contribution in [0.1, 0.15) is 68.7 Å². The number of hydrogen-bond donors (Lipinski definition) is 0. The van der Waals surface area contributed by atoms with Crippen molar-refractivity contribution in [3.8, 4) is 0 Å². The van der Waals surface area contributed by atoms with Gasteiger partial charge in [-0.15, -0.1) is 0 Å². The van der Waals surface area contributed by atoms with Crippen molar-refractivity contribution >= 4 is 12.0 Å². The molecule has 1 amide bonds. The van der Waals surface area contributed by atoms with E-state index in [1.165, 1.54) is 35.1 Å². The minimum absolute atomic E-state index is 0.0276. The van der Waals surface area contributed by atoms with Crippen molar-refractivity contribution in [2.75, 3.05) is 6.54 Å². The van der Waals surface area contributed by atoms with Crippen molar-refractivity contribution < 1.29 is 4.79 Å². The summed E-state index contributed by atoms with van der Waals surface area (Å²) in [4.78, 5) is 15.6. The van der Waals surface area contributed by atoms with Crippen molar-refractivity contribution in [3.63, 3.8) is 0 Å².